The molecule has 7 nitrogen and oxygen atoms in total. The summed E-state index contributed by atoms with van der Waals surface area (Å²) >= 11 is 0. The first-order chi connectivity index (χ1) is 12.2. The number of rotatable bonds is 6. The highest BCUT2D eigenvalue weighted by atomic mass is 16.5. The van der Waals surface area contributed by atoms with Crippen LogP contribution >= 0.6 is 0 Å². The van der Waals surface area contributed by atoms with Gasteiger partial charge in [0.1, 0.15) is 11.5 Å². The van der Waals surface area contributed by atoms with Crippen molar-refractivity contribution >= 4 is 11.6 Å². The first-order valence-corrected chi connectivity index (χ1v) is 7.64. The van der Waals surface area contributed by atoms with Crippen molar-refractivity contribution in [2.75, 3.05) is 12.4 Å². The van der Waals surface area contributed by atoms with E-state index in [0.717, 1.165) is 5.56 Å². The number of carbonyl (C=O) groups excluding carboxylic acids is 1. The minimum Gasteiger partial charge on any atom is -0.495 e. The molecule has 7 heteroatoms. The van der Waals surface area contributed by atoms with E-state index >= 15 is 0 Å². The van der Waals surface area contributed by atoms with Gasteiger partial charge in [-0.1, -0.05) is 12.1 Å². The monoisotopic (exact) mass is 339 g/mol. The second-order valence-electron chi connectivity index (χ2n) is 5.22. The van der Waals surface area contributed by atoms with Gasteiger partial charge in [-0.05, 0) is 43.3 Å². The van der Waals surface area contributed by atoms with Gasteiger partial charge >= 0.3 is 0 Å². The van der Waals surface area contributed by atoms with E-state index in [9.17, 15) is 4.79 Å². The van der Waals surface area contributed by atoms with Crippen LogP contribution in [0.1, 0.15) is 6.92 Å². The number of methoxy groups -OCH3 is 1. The fourth-order valence-corrected chi connectivity index (χ4v) is 2.21. The maximum atomic E-state index is 12.3. The molecular formula is C18H17N3O4. The Morgan fingerprint density at radius 1 is 1.16 bits per heavy atom. The molecule has 0 fully saturated rings. The summed E-state index contributed by atoms with van der Waals surface area (Å²) in [4.78, 5) is 12.3. The summed E-state index contributed by atoms with van der Waals surface area (Å²) in [6.07, 6.45) is 0.587. The van der Waals surface area contributed by atoms with Gasteiger partial charge in [-0.15, -0.1) is 10.2 Å². The molecule has 25 heavy (non-hydrogen) atoms. The van der Waals surface area contributed by atoms with Crippen molar-refractivity contribution in [3.63, 3.8) is 0 Å². The largest absolute Gasteiger partial charge is 0.495 e. The van der Waals surface area contributed by atoms with Crippen LogP contribution in [0.5, 0.6) is 11.5 Å². The highest BCUT2D eigenvalue weighted by Gasteiger charge is 2.16. The molecule has 0 unspecified atom stereocenters. The minimum atomic E-state index is -0.681. The van der Waals surface area contributed by atoms with Crippen molar-refractivity contribution in [3.05, 3.63) is 54.9 Å². The van der Waals surface area contributed by atoms with Crippen molar-refractivity contribution in [2.45, 2.75) is 13.0 Å². The molecule has 0 saturated heterocycles. The molecule has 1 heterocycles. The molecule has 1 atom stereocenters. The molecule has 0 spiro atoms. The van der Waals surface area contributed by atoms with Crippen LogP contribution in [0.15, 0.2) is 59.3 Å². The molecule has 2 aromatic carbocycles. The number of hydrogen-bond acceptors (Lipinski definition) is 6. The maximum Gasteiger partial charge on any atom is 0.265 e. The van der Waals surface area contributed by atoms with Crippen LogP contribution in [-0.4, -0.2) is 29.3 Å². The van der Waals surface area contributed by atoms with E-state index in [4.69, 9.17) is 13.9 Å². The van der Waals surface area contributed by atoms with Crippen molar-refractivity contribution < 1.29 is 18.7 Å². The van der Waals surface area contributed by atoms with Crippen LogP contribution in [0.4, 0.5) is 5.69 Å². The van der Waals surface area contributed by atoms with Crippen LogP contribution in [0.2, 0.25) is 0 Å². The Morgan fingerprint density at radius 2 is 1.92 bits per heavy atom. The summed E-state index contributed by atoms with van der Waals surface area (Å²) in [7, 11) is 1.55. The summed E-state index contributed by atoms with van der Waals surface area (Å²) in [6.45, 7) is 1.68. The lowest BCUT2D eigenvalue weighted by atomic mass is 10.2. The number of para-hydroxylation sites is 2. The van der Waals surface area contributed by atoms with E-state index in [1.165, 1.54) is 6.39 Å². The molecule has 1 N–H and O–H groups in total. The molecule has 0 bridgehead atoms. The number of hydrogen-bond donors (Lipinski definition) is 1. The van der Waals surface area contributed by atoms with Gasteiger partial charge in [0, 0.05) is 5.56 Å². The van der Waals surface area contributed by atoms with Gasteiger partial charge in [0.2, 0.25) is 12.3 Å². The number of carbonyl (C=O) groups is 1. The topological polar surface area (TPSA) is 86.5 Å². The highest BCUT2D eigenvalue weighted by Crippen LogP contribution is 2.24. The normalized spacial score (nSPS) is 11.6. The Bertz CT molecular complexity index is 832. The third-order valence-electron chi connectivity index (χ3n) is 3.51. The number of aromatic nitrogens is 2. The van der Waals surface area contributed by atoms with E-state index in [1.54, 1.807) is 50.4 Å². The number of anilines is 1. The predicted octanol–water partition coefficient (Wildman–Crippen LogP) is 3.15. The number of benzene rings is 2. The Kier molecular flexibility index (Phi) is 4.94. The Balaban J connectivity index is 1.63. The van der Waals surface area contributed by atoms with Crippen LogP contribution in [0, 0.1) is 0 Å². The van der Waals surface area contributed by atoms with Crippen LogP contribution < -0.4 is 14.8 Å². The maximum absolute atomic E-state index is 12.3. The molecule has 0 aliphatic rings. The number of nitrogens with one attached hydrogen (secondary N) is 1. The third kappa shape index (κ3) is 3.95. The molecule has 3 aromatic rings. The van der Waals surface area contributed by atoms with Gasteiger partial charge < -0.3 is 19.2 Å². The quantitative estimate of drug-likeness (QED) is 0.742. The molecule has 0 aliphatic heterocycles. The zero-order valence-corrected chi connectivity index (χ0v) is 13.8. The Morgan fingerprint density at radius 3 is 2.60 bits per heavy atom. The van der Waals surface area contributed by atoms with Crippen molar-refractivity contribution in [2.24, 2.45) is 0 Å². The molecule has 3 rings (SSSR count). The van der Waals surface area contributed by atoms with Gasteiger partial charge in [0.15, 0.2) is 6.10 Å². The van der Waals surface area contributed by atoms with Gasteiger partial charge in [-0.3, -0.25) is 4.79 Å². The SMILES string of the molecule is COc1ccccc1NC(=O)[C@@H](C)Oc1ccc(-c2nnco2)cc1. The zero-order valence-electron chi connectivity index (χ0n) is 13.8. The lowest BCUT2D eigenvalue weighted by Gasteiger charge is -2.16. The van der Waals surface area contributed by atoms with Crippen LogP contribution in [0.25, 0.3) is 11.5 Å². The molecule has 128 valence electrons. The van der Waals surface area contributed by atoms with Crippen molar-refractivity contribution in [3.8, 4) is 23.0 Å². The zero-order chi connectivity index (χ0) is 17.6. The van der Waals surface area contributed by atoms with Crippen LogP contribution in [-0.2, 0) is 4.79 Å². The Hall–Kier alpha value is -3.35. The minimum absolute atomic E-state index is 0.273. The predicted molar refractivity (Wildman–Crippen MR) is 91.4 cm³/mol. The summed E-state index contributed by atoms with van der Waals surface area (Å²) < 4.78 is 16.0. The molecular weight excluding hydrogens is 322 g/mol. The number of ether oxygens (including phenoxy) is 2. The summed E-state index contributed by atoms with van der Waals surface area (Å²) in [6, 6.07) is 14.2. The fraction of sp³-hybridized carbons (Fsp3) is 0.167. The number of nitrogens with zero attached hydrogens (tertiary/aromatic N) is 2. The van der Waals surface area contributed by atoms with Gasteiger partial charge in [-0.25, -0.2) is 0 Å². The molecule has 0 radical (unpaired) electrons. The standard InChI is InChI=1S/C18H17N3O4/c1-12(17(22)20-15-5-3-4-6-16(15)23-2)25-14-9-7-13(8-10-14)18-21-19-11-24-18/h3-12H,1-2H3,(H,20,22)/t12-/m1/s1. The molecule has 1 aromatic heterocycles. The Labute approximate surface area is 144 Å². The lowest BCUT2D eigenvalue weighted by Crippen LogP contribution is -2.30. The van der Waals surface area contributed by atoms with E-state index in [-0.39, 0.29) is 5.91 Å². The van der Waals surface area contributed by atoms with E-state index < -0.39 is 6.10 Å². The van der Waals surface area contributed by atoms with Gasteiger partial charge in [-0.2, -0.15) is 0 Å². The van der Waals surface area contributed by atoms with E-state index in [1.807, 2.05) is 12.1 Å². The molecule has 1 amide bonds. The fourth-order valence-electron chi connectivity index (χ4n) is 2.21. The summed E-state index contributed by atoms with van der Waals surface area (Å²) in [5.74, 6) is 1.30. The summed E-state index contributed by atoms with van der Waals surface area (Å²) in [5.41, 5.74) is 1.37. The molecule has 0 aliphatic carbocycles. The average Bonchev–Trinajstić information content (AvgIpc) is 3.17. The highest BCUT2D eigenvalue weighted by molar-refractivity contribution is 5.95. The lowest BCUT2D eigenvalue weighted by molar-refractivity contribution is -0.122. The number of amides is 1. The van der Waals surface area contributed by atoms with Gasteiger partial charge in [0.05, 0.1) is 12.8 Å². The van der Waals surface area contributed by atoms with Crippen molar-refractivity contribution in [1.82, 2.24) is 10.2 Å². The smallest absolute Gasteiger partial charge is 0.265 e. The van der Waals surface area contributed by atoms with E-state index in [2.05, 4.69) is 15.5 Å². The second kappa shape index (κ2) is 7.48. The third-order valence-corrected chi connectivity index (χ3v) is 3.51. The van der Waals surface area contributed by atoms with Gasteiger partial charge in [0.25, 0.3) is 5.91 Å². The first kappa shape index (κ1) is 16.5. The van der Waals surface area contributed by atoms with Crippen molar-refractivity contribution in [1.29, 1.82) is 0 Å². The average molecular weight is 339 g/mol. The second-order valence-corrected chi connectivity index (χ2v) is 5.22. The van der Waals surface area contributed by atoms with E-state index in [0.29, 0.717) is 23.1 Å². The van der Waals surface area contributed by atoms with Crippen LogP contribution in [0.3, 0.4) is 0 Å². The summed E-state index contributed by atoms with van der Waals surface area (Å²) in [5, 5.41) is 10.3. The first-order valence-electron chi connectivity index (χ1n) is 7.64. The molecule has 0 saturated carbocycles.